The summed E-state index contributed by atoms with van der Waals surface area (Å²) in [5, 5.41) is 2.77. The first kappa shape index (κ1) is 42.7. The topological polar surface area (TPSA) is 119 Å². The molecule has 0 atom stereocenters. The lowest BCUT2D eigenvalue weighted by atomic mass is 10.0. The fourth-order valence-corrected chi connectivity index (χ4v) is 5.81. The molecule has 0 aliphatic heterocycles. The minimum Gasteiger partial charge on any atom is -0.497 e. The van der Waals surface area contributed by atoms with E-state index < -0.39 is 29.0 Å². The summed E-state index contributed by atoms with van der Waals surface area (Å²) in [6.45, 7) is 2.86. The largest absolute Gasteiger partial charge is 0.497 e. The highest BCUT2D eigenvalue weighted by Gasteiger charge is 2.38. The van der Waals surface area contributed by atoms with Gasteiger partial charge in [0, 0.05) is 41.9 Å². The van der Waals surface area contributed by atoms with E-state index in [4.69, 9.17) is 34.4 Å². The maximum absolute atomic E-state index is 14.1. The molecular formula is C41H42F6N4O6. The molecule has 0 spiro atoms. The van der Waals surface area contributed by atoms with Crippen LogP contribution in [0.5, 0.6) is 11.5 Å². The van der Waals surface area contributed by atoms with Crippen molar-refractivity contribution in [2.24, 2.45) is 5.73 Å². The van der Waals surface area contributed by atoms with E-state index in [1.165, 1.54) is 14.2 Å². The Morgan fingerprint density at radius 2 is 1.18 bits per heavy atom. The molecule has 3 N–H and O–H groups in total. The summed E-state index contributed by atoms with van der Waals surface area (Å²) in [6, 6.07) is 21.4. The van der Waals surface area contributed by atoms with Gasteiger partial charge in [-0.2, -0.15) is 26.3 Å². The Hall–Kier alpha value is -5.42. The number of nitrogens with one attached hydrogen (secondary N) is 1. The van der Waals surface area contributed by atoms with Crippen LogP contribution in [0.15, 0.2) is 91.0 Å². The van der Waals surface area contributed by atoms with Crippen LogP contribution >= 0.6 is 0 Å². The normalized spacial score (nSPS) is 11.8. The molecule has 4 aromatic carbocycles. The van der Waals surface area contributed by atoms with Gasteiger partial charge < -0.3 is 39.3 Å². The van der Waals surface area contributed by atoms with Crippen LogP contribution in [0.4, 0.5) is 26.3 Å². The monoisotopic (exact) mass is 800 g/mol. The van der Waals surface area contributed by atoms with Gasteiger partial charge >= 0.3 is 12.4 Å². The quantitative estimate of drug-likeness (QED) is 0.0644. The van der Waals surface area contributed by atoms with Gasteiger partial charge in [-0.25, -0.2) is 4.98 Å². The molecule has 10 nitrogen and oxygen atoms in total. The highest BCUT2D eigenvalue weighted by atomic mass is 19.4. The molecule has 1 aromatic heterocycles. The lowest BCUT2D eigenvalue weighted by molar-refractivity contribution is -0.143. The van der Waals surface area contributed by atoms with Crippen LogP contribution in [-0.2, 0) is 33.1 Å². The number of imidazole rings is 1. The molecule has 1 amide bonds. The van der Waals surface area contributed by atoms with Gasteiger partial charge in [0.25, 0.3) is 5.91 Å². The number of ether oxygens (including phenoxy) is 5. The molecule has 16 heteroatoms. The lowest BCUT2D eigenvalue weighted by Crippen LogP contribution is -2.27. The van der Waals surface area contributed by atoms with E-state index in [0.717, 1.165) is 0 Å². The molecule has 1 heterocycles. The summed E-state index contributed by atoms with van der Waals surface area (Å²) in [6.07, 6.45) is -10.2. The molecule has 0 saturated carbocycles. The van der Waals surface area contributed by atoms with Gasteiger partial charge in [-0.1, -0.05) is 12.1 Å². The van der Waals surface area contributed by atoms with Crippen LogP contribution in [0.25, 0.3) is 33.9 Å². The minimum atomic E-state index is -5.08. The molecular weight excluding hydrogens is 758 g/mol. The van der Waals surface area contributed by atoms with Crippen LogP contribution in [0.2, 0.25) is 0 Å². The first-order chi connectivity index (χ1) is 27.3. The number of alkyl halides is 6. The molecule has 57 heavy (non-hydrogen) atoms. The zero-order valence-electron chi connectivity index (χ0n) is 31.2. The zero-order chi connectivity index (χ0) is 41.0. The van der Waals surface area contributed by atoms with E-state index in [0.29, 0.717) is 96.9 Å². The first-order valence-corrected chi connectivity index (χ1v) is 17.8. The molecule has 0 fully saturated rings. The molecule has 0 bridgehead atoms. The van der Waals surface area contributed by atoms with Crippen LogP contribution in [0.3, 0.4) is 0 Å². The number of benzene rings is 4. The van der Waals surface area contributed by atoms with Gasteiger partial charge in [-0.3, -0.25) is 4.79 Å². The predicted octanol–water partition coefficient (Wildman–Crippen LogP) is 7.73. The van der Waals surface area contributed by atoms with E-state index in [9.17, 15) is 31.1 Å². The Bertz CT molecular complexity index is 2020. The second kappa shape index (κ2) is 19.6. The van der Waals surface area contributed by atoms with Crippen LogP contribution in [-0.4, -0.2) is 82.4 Å². The number of aromatic nitrogens is 2. The molecule has 304 valence electrons. The molecule has 0 saturated heterocycles. The minimum absolute atomic E-state index is 0.0472. The number of methoxy groups -OCH3 is 2. The summed E-state index contributed by atoms with van der Waals surface area (Å²) in [7, 11) is 2.98. The number of nitrogens with zero attached hydrogens (tertiary/aromatic N) is 2. The van der Waals surface area contributed by atoms with Gasteiger partial charge in [0.05, 0.1) is 76.4 Å². The van der Waals surface area contributed by atoms with Crippen molar-refractivity contribution in [2.75, 3.05) is 67.0 Å². The van der Waals surface area contributed by atoms with Crippen LogP contribution in [0, 0.1) is 0 Å². The summed E-state index contributed by atoms with van der Waals surface area (Å²) in [5.74, 6) is 0.541. The second-order valence-corrected chi connectivity index (χ2v) is 12.5. The summed E-state index contributed by atoms with van der Waals surface area (Å²) in [4.78, 5) is 17.7. The standard InChI is InChI=1S/C41H42F6N4O6/c1-53-34-11-7-28(8-12-34)36-37(29-9-13-35(54-2)14-10-29)51(38(50-36)31-23-32(40(42,43)44)25-33(24-31)41(45,46)47)26-27-3-5-30(6-4-27)39(52)49-16-18-56-20-22-57-21-19-55-17-15-48/h3-14,23-25H,15-22,26,48H2,1-2H3,(H,49,52). The number of carbonyl (C=O) groups is 1. The van der Waals surface area contributed by atoms with Gasteiger partial charge in [0.1, 0.15) is 17.3 Å². The van der Waals surface area contributed by atoms with Gasteiger partial charge in [-0.15, -0.1) is 0 Å². The third-order valence-electron chi connectivity index (χ3n) is 8.64. The van der Waals surface area contributed by atoms with E-state index in [1.807, 2.05) is 0 Å². The van der Waals surface area contributed by atoms with E-state index in [2.05, 4.69) is 5.32 Å². The van der Waals surface area contributed by atoms with Gasteiger partial charge in [-0.05, 0) is 84.4 Å². The fraction of sp³-hybridized carbons (Fsp3) is 0.317. The molecule has 0 unspecified atom stereocenters. The third kappa shape index (κ3) is 11.6. The third-order valence-corrected chi connectivity index (χ3v) is 8.64. The smallest absolute Gasteiger partial charge is 0.416 e. The Labute approximate surface area is 325 Å². The average molecular weight is 801 g/mol. The lowest BCUT2D eigenvalue weighted by Gasteiger charge is -2.17. The average Bonchev–Trinajstić information content (AvgIpc) is 3.58. The van der Waals surface area contributed by atoms with Crippen molar-refractivity contribution in [1.82, 2.24) is 14.9 Å². The van der Waals surface area contributed by atoms with Gasteiger partial charge in [0.15, 0.2) is 0 Å². The molecule has 5 rings (SSSR count). The van der Waals surface area contributed by atoms with Crippen molar-refractivity contribution in [1.29, 1.82) is 0 Å². The molecule has 0 aliphatic carbocycles. The van der Waals surface area contributed by atoms with E-state index >= 15 is 0 Å². The summed E-state index contributed by atoms with van der Waals surface area (Å²) < 4.78 is 113. The Balaban J connectivity index is 1.48. The molecule has 5 aromatic rings. The van der Waals surface area contributed by atoms with Crippen molar-refractivity contribution in [2.45, 2.75) is 18.9 Å². The second-order valence-electron chi connectivity index (χ2n) is 12.5. The summed E-state index contributed by atoms with van der Waals surface area (Å²) in [5.41, 5.74) is 4.72. The Morgan fingerprint density at radius 3 is 1.68 bits per heavy atom. The predicted molar refractivity (Wildman–Crippen MR) is 201 cm³/mol. The number of nitrogens with two attached hydrogens (primary N) is 1. The summed E-state index contributed by atoms with van der Waals surface area (Å²) >= 11 is 0. The van der Waals surface area contributed by atoms with Crippen molar-refractivity contribution < 1.29 is 54.8 Å². The number of hydrogen-bond donors (Lipinski definition) is 2. The number of rotatable bonds is 19. The van der Waals surface area contributed by atoms with E-state index in [1.54, 1.807) is 77.4 Å². The van der Waals surface area contributed by atoms with E-state index in [-0.39, 0.29) is 37.5 Å². The Kier molecular flexibility index (Phi) is 14.7. The van der Waals surface area contributed by atoms with Crippen LogP contribution < -0.4 is 20.5 Å². The maximum atomic E-state index is 14.1. The van der Waals surface area contributed by atoms with Gasteiger partial charge in [0.2, 0.25) is 0 Å². The van der Waals surface area contributed by atoms with Crippen LogP contribution in [0.1, 0.15) is 27.0 Å². The van der Waals surface area contributed by atoms with Crippen molar-refractivity contribution >= 4 is 5.91 Å². The van der Waals surface area contributed by atoms with Crippen molar-refractivity contribution in [3.8, 4) is 45.4 Å². The SMILES string of the molecule is COc1ccc(-c2nc(-c3cc(C(F)(F)F)cc(C(F)(F)F)c3)n(Cc3ccc(C(=O)NCCOCCOCCOCCN)cc3)c2-c2ccc(OC)cc2)cc1. The maximum Gasteiger partial charge on any atom is 0.416 e. The van der Waals surface area contributed by atoms with Crippen molar-refractivity contribution in [3.05, 3.63) is 113 Å². The number of carbonyl (C=O) groups excluding carboxylic acids is 1. The fourth-order valence-electron chi connectivity index (χ4n) is 5.81. The number of amides is 1. The van der Waals surface area contributed by atoms with Crippen molar-refractivity contribution in [3.63, 3.8) is 0 Å². The first-order valence-electron chi connectivity index (χ1n) is 17.8. The number of hydrogen-bond acceptors (Lipinski definition) is 8. The molecule has 0 radical (unpaired) electrons. The molecule has 0 aliphatic rings. The highest BCUT2D eigenvalue weighted by Crippen LogP contribution is 2.42. The number of halogens is 6. The Morgan fingerprint density at radius 1 is 0.667 bits per heavy atom. The zero-order valence-corrected chi connectivity index (χ0v) is 31.2. The highest BCUT2D eigenvalue weighted by molar-refractivity contribution is 5.94.